The van der Waals surface area contributed by atoms with E-state index in [9.17, 15) is 4.79 Å². The first-order chi connectivity index (χ1) is 15.4. The largest absolute Gasteiger partial charge is 0.444 e. The number of rotatable bonds is 7. The van der Waals surface area contributed by atoms with E-state index in [-0.39, 0.29) is 27.9 Å². The van der Waals surface area contributed by atoms with Gasteiger partial charge in [-0.3, -0.25) is 15.8 Å². The first-order valence-electron chi connectivity index (χ1n) is 10.5. The predicted molar refractivity (Wildman–Crippen MR) is 128 cm³/mol. The Labute approximate surface area is 191 Å². The summed E-state index contributed by atoms with van der Waals surface area (Å²) in [5, 5.41) is 22.2. The fraction of sp³-hybridized carbons (Fsp3) is 0.409. The Balaban J connectivity index is 0.00000385. The first-order valence-corrected chi connectivity index (χ1v) is 10.5. The van der Waals surface area contributed by atoms with Crippen molar-refractivity contribution in [1.29, 1.82) is 10.8 Å². The number of carbonyl (C=O) groups excluding carboxylic acids is 1. The lowest BCUT2D eigenvalue weighted by Gasteiger charge is -2.19. The van der Waals surface area contributed by atoms with Gasteiger partial charge >= 0.3 is 6.09 Å². The maximum absolute atomic E-state index is 11.7. The molecule has 176 valence electrons. The Morgan fingerprint density at radius 1 is 1.28 bits per heavy atom. The summed E-state index contributed by atoms with van der Waals surface area (Å²) in [7, 11) is 1.87. The van der Waals surface area contributed by atoms with Crippen LogP contribution >= 0.6 is 0 Å². The highest BCUT2D eigenvalue weighted by Gasteiger charge is 2.27. The van der Waals surface area contributed by atoms with Crippen LogP contribution in [0.2, 0.25) is 0 Å². The molecule has 1 saturated heterocycles. The standard InChI is InChI=1S/C22H29N7O3.3H2/c1-4-26-22(30)31-17-9-10-29(13-17)18-12-27-14(2)19(28-18)21(24)32-20(23)16-7-5-15(6-8-16)11-25-3;;;/h5-8,12,17,23-25H,4,9-11,13H2,1-3H3,(H,26,30);3*1H/t17-;;;/m1.../s1. The fourth-order valence-electron chi connectivity index (χ4n) is 3.36. The molecule has 0 unspecified atom stereocenters. The molecule has 1 aliphatic rings. The van der Waals surface area contributed by atoms with Gasteiger partial charge < -0.3 is 25.0 Å². The Hall–Kier alpha value is -3.53. The molecule has 32 heavy (non-hydrogen) atoms. The Morgan fingerprint density at radius 2 is 2.03 bits per heavy atom. The average Bonchev–Trinajstić information content (AvgIpc) is 3.23. The summed E-state index contributed by atoms with van der Waals surface area (Å²) >= 11 is 0. The molecule has 1 aromatic heterocycles. The lowest BCUT2D eigenvalue weighted by Crippen LogP contribution is -2.31. The van der Waals surface area contributed by atoms with Gasteiger partial charge in [0.1, 0.15) is 17.6 Å². The maximum atomic E-state index is 11.7. The number of aryl methyl sites for hydroxylation is 1. The number of amides is 1. The van der Waals surface area contributed by atoms with E-state index in [1.807, 2.05) is 31.0 Å². The van der Waals surface area contributed by atoms with E-state index < -0.39 is 6.09 Å². The number of anilines is 1. The van der Waals surface area contributed by atoms with Crippen molar-refractivity contribution >= 4 is 23.7 Å². The first kappa shape index (κ1) is 23.1. The van der Waals surface area contributed by atoms with Gasteiger partial charge in [-0.05, 0) is 38.6 Å². The highest BCUT2D eigenvalue weighted by atomic mass is 16.6. The monoisotopic (exact) mass is 445 g/mol. The number of hydrogen-bond acceptors (Lipinski definition) is 9. The molecule has 1 amide bonds. The van der Waals surface area contributed by atoms with E-state index in [2.05, 4.69) is 20.6 Å². The second kappa shape index (κ2) is 10.7. The molecule has 1 fully saturated rings. The molecule has 3 rings (SSSR count). The lowest BCUT2D eigenvalue weighted by molar-refractivity contribution is 0.108. The predicted octanol–water partition coefficient (Wildman–Crippen LogP) is 2.93. The van der Waals surface area contributed by atoms with E-state index in [4.69, 9.17) is 20.3 Å². The Bertz CT molecular complexity index is 993. The van der Waals surface area contributed by atoms with Crippen molar-refractivity contribution < 1.29 is 18.5 Å². The van der Waals surface area contributed by atoms with Gasteiger partial charge in [0, 0.05) is 35.9 Å². The maximum Gasteiger partial charge on any atom is 0.407 e. The molecule has 2 heterocycles. The van der Waals surface area contributed by atoms with Crippen LogP contribution in [-0.2, 0) is 16.0 Å². The van der Waals surface area contributed by atoms with Crippen LogP contribution in [0.1, 0.15) is 40.1 Å². The van der Waals surface area contributed by atoms with Crippen LogP contribution in [0.3, 0.4) is 0 Å². The van der Waals surface area contributed by atoms with Crippen LogP contribution in [0.5, 0.6) is 0 Å². The Morgan fingerprint density at radius 3 is 2.72 bits per heavy atom. The third-order valence-corrected chi connectivity index (χ3v) is 5.02. The summed E-state index contributed by atoms with van der Waals surface area (Å²) in [6.45, 7) is 5.98. The number of ether oxygens (including phenoxy) is 2. The van der Waals surface area contributed by atoms with Crippen LogP contribution in [-0.4, -0.2) is 60.6 Å². The molecule has 0 spiro atoms. The summed E-state index contributed by atoms with van der Waals surface area (Å²) < 4.78 is 10.9. The van der Waals surface area contributed by atoms with Crippen LogP contribution in [0, 0.1) is 17.7 Å². The minimum atomic E-state index is -0.428. The zero-order valence-corrected chi connectivity index (χ0v) is 18.6. The van der Waals surface area contributed by atoms with E-state index in [0.29, 0.717) is 43.1 Å². The second-order valence-corrected chi connectivity index (χ2v) is 7.44. The number of alkyl carbamates (subject to hydrolysis) is 1. The minimum Gasteiger partial charge on any atom is -0.444 e. The molecule has 1 aromatic carbocycles. The fourth-order valence-corrected chi connectivity index (χ4v) is 3.36. The molecule has 1 atom stereocenters. The lowest BCUT2D eigenvalue weighted by atomic mass is 10.1. The summed E-state index contributed by atoms with van der Waals surface area (Å²) in [6.07, 6.45) is 1.65. The van der Waals surface area contributed by atoms with Gasteiger partial charge in [-0.15, -0.1) is 0 Å². The highest BCUT2D eigenvalue weighted by Crippen LogP contribution is 2.21. The molecular formula is C22H35N7O3. The zero-order valence-electron chi connectivity index (χ0n) is 18.6. The van der Waals surface area contributed by atoms with E-state index in [0.717, 1.165) is 12.1 Å². The van der Waals surface area contributed by atoms with Gasteiger partial charge in [0.05, 0.1) is 18.4 Å². The summed E-state index contributed by atoms with van der Waals surface area (Å²) in [5.41, 5.74) is 2.47. The van der Waals surface area contributed by atoms with Crippen molar-refractivity contribution in [2.24, 2.45) is 0 Å². The van der Waals surface area contributed by atoms with Gasteiger partial charge in [-0.2, -0.15) is 0 Å². The molecule has 0 saturated carbocycles. The van der Waals surface area contributed by atoms with E-state index in [1.54, 1.807) is 25.3 Å². The molecule has 2 aromatic rings. The molecule has 4 N–H and O–H groups in total. The molecule has 0 radical (unpaired) electrons. The number of carbonyl (C=O) groups is 1. The van der Waals surface area contributed by atoms with Crippen LogP contribution in [0.25, 0.3) is 0 Å². The molecule has 0 aliphatic carbocycles. The van der Waals surface area contributed by atoms with Crippen molar-refractivity contribution in [3.8, 4) is 0 Å². The highest BCUT2D eigenvalue weighted by molar-refractivity contribution is 6.04. The van der Waals surface area contributed by atoms with Crippen LogP contribution in [0.4, 0.5) is 10.6 Å². The van der Waals surface area contributed by atoms with Crippen molar-refractivity contribution in [2.75, 3.05) is 31.6 Å². The van der Waals surface area contributed by atoms with Gasteiger partial charge in [-0.1, -0.05) is 12.1 Å². The van der Waals surface area contributed by atoms with E-state index >= 15 is 0 Å². The summed E-state index contributed by atoms with van der Waals surface area (Å²) in [4.78, 5) is 22.5. The summed E-state index contributed by atoms with van der Waals surface area (Å²) in [6, 6.07) is 7.39. The molecular weight excluding hydrogens is 410 g/mol. The third-order valence-electron chi connectivity index (χ3n) is 5.02. The van der Waals surface area contributed by atoms with Crippen molar-refractivity contribution in [2.45, 2.75) is 32.9 Å². The number of aromatic nitrogens is 2. The SMILES string of the molecule is CCNC(=O)O[C@@H]1CCN(c2cnc(C)c(C(=N)OC(=N)c3ccc(CNC)cc3)n2)C1.[HH].[HH].[HH]. The molecule has 10 heteroatoms. The average molecular weight is 446 g/mol. The molecule has 1 aliphatic heterocycles. The van der Waals surface area contributed by atoms with Gasteiger partial charge in [-0.25, -0.2) is 9.78 Å². The van der Waals surface area contributed by atoms with Gasteiger partial charge in [0.2, 0.25) is 11.8 Å². The normalized spacial score (nSPS) is 15.3. The van der Waals surface area contributed by atoms with Crippen molar-refractivity contribution in [1.82, 2.24) is 20.6 Å². The van der Waals surface area contributed by atoms with Crippen LogP contribution in [0.15, 0.2) is 30.5 Å². The van der Waals surface area contributed by atoms with Crippen LogP contribution < -0.4 is 15.5 Å². The Kier molecular flexibility index (Phi) is 7.72. The quantitative estimate of drug-likeness (QED) is 0.380. The second-order valence-electron chi connectivity index (χ2n) is 7.44. The van der Waals surface area contributed by atoms with Crippen molar-refractivity contribution in [3.63, 3.8) is 0 Å². The third kappa shape index (κ3) is 5.79. The number of hydrogen-bond donors (Lipinski definition) is 4. The van der Waals surface area contributed by atoms with E-state index in [1.165, 1.54) is 0 Å². The molecule has 0 bridgehead atoms. The number of nitrogens with one attached hydrogen (secondary N) is 4. The molecule has 10 nitrogen and oxygen atoms in total. The van der Waals surface area contributed by atoms with Gasteiger partial charge in [0.15, 0.2) is 0 Å². The minimum absolute atomic E-state index is 0. The smallest absolute Gasteiger partial charge is 0.407 e. The number of nitrogens with zero attached hydrogens (tertiary/aromatic N) is 3. The van der Waals surface area contributed by atoms with Crippen molar-refractivity contribution in [3.05, 3.63) is 53.0 Å². The topological polar surface area (TPSA) is 136 Å². The van der Waals surface area contributed by atoms with Gasteiger partial charge in [0.25, 0.3) is 0 Å². The summed E-state index contributed by atoms with van der Waals surface area (Å²) in [5.74, 6) is 0.202. The zero-order chi connectivity index (χ0) is 23.1. The number of benzene rings is 1.